The van der Waals surface area contributed by atoms with Crippen LogP contribution in [0.2, 0.25) is 0 Å². The van der Waals surface area contributed by atoms with Crippen LogP contribution in [0.4, 0.5) is 8.78 Å². The molecule has 1 nitrogen and oxygen atoms in total. The minimum Gasteiger partial charge on any atom is -0.293 e. The molecule has 0 N–H and O–H groups in total. The van der Waals surface area contributed by atoms with Gasteiger partial charge in [-0.25, -0.2) is 8.78 Å². The molecule has 0 fully saturated rings. The highest BCUT2D eigenvalue weighted by Crippen LogP contribution is 2.29. The molecule has 0 saturated carbocycles. The van der Waals surface area contributed by atoms with E-state index in [-0.39, 0.29) is 11.3 Å². The molecule has 0 radical (unpaired) electrons. The molecule has 0 aliphatic carbocycles. The van der Waals surface area contributed by atoms with Gasteiger partial charge < -0.3 is 0 Å². The fraction of sp³-hybridized carbons (Fsp3) is 0.0714. The fourth-order valence-electron chi connectivity index (χ4n) is 1.60. The molecule has 0 aliphatic heterocycles. The Balaban J connectivity index is 2.31. The zero-order valence-electron chi connectivity index (χ0n) is 9.24. The average Bonchev–Trinajstić information content (AvgIpc) is 2.38. The van der Waals surface area contributed by atoms with Gasteiger partial charge in [0.25, 0.3) is 0 Å². The van der Waals surface area contributed by atoms with Crippen LogP contribution in [0.3, 0.4) is 0 Å². The average molecular weight is 311 g/mol. The van der Waals surface area contributed by atoms with E-state index >= 15 is 0 Å². The predicted octanol–water partition coefficient (Wildman–Crippen LogP) is 4.28. The molecule has 1 unspecified atom stereocenters. The summed E-state index contributed by atoms with van der Waals surface area (Å²) in [7, 11) is 0. The first kappa shape index (κ1) is 12.9. The van der Waals surface area contributed by atoms with Crippen molar-refractivity contribution in [1.29, 1.82) is 0 Å². The highest BCUT2D eigenvalue weighted by Gasteiger charge is 2.22. The van der Waals surface area contributed by atoms with E-state index in [1.807, 2.05) is 0 Å². The molecular weight excluding hydrogens is 302 g/mol. The molecule has 0 bridgehead atoms. The van der Waals surface area contributed by atoms with Crippen LogP contribution in [0, 0.1) is 11.6 Å². The summed E-state index contributed by atoms with van der Waals surface area (Å²) in [6, 6.07) is 11.7. The van der Waals surface area contributed by atoms with Gasteiger partial charge in [-0.05, 0) is 6.07 Å². The number of Topliss-reactive ketones (excluding diaryl/α,β-unsaturated/α-hetero) is 1. The van der Waals surface area contributed by atoms with Crippen molar-refractivity contribution in [3.8, 4) is 0 Å². The molecule has 0 aromatic heterocycles. The van der Waals surface area contributed by atoms with Crippen molar-refractivity contribution >= 4 is 21.7 Å². The van der Waals surface area contributed by atoms with Gasteiger partial charge in [0.1, 0.15) is 16.5 Å². The molecule has 1 atom stereocenters. The summed E-state index contributed by atoms with van der Waals surface area (Å²) in [5.74, 6) is -1.66. The first-order chi connectivity index (χ1) is 8.59. The van der Waals surface area contributed by atoms with Crippen LogP contribution in [0.15, 0.2) is 48.5 Å². The zero-order valence-corrected chi connectivity index (χ0v) is 10.8. The second-order valence-corrected chi connectivity index (χ2v) is 4.67. The molecule has 4 heteroatoms. The maximum atomic E-state index is 13.6. The van der Waals surface area contributed by atoms with Crippen LogP contribution in [0.5, 0.6) is 0 Å². The van der Waals surface area contributed by atoms with Crippen LogP contribution in [-0.2, 0) is 0 Å². The lowest BCUT2D eigenvalue weighted by Gasteiger charge is -2.10. The summed E-state index contributed by atoms with van der Waals surface area (Å²) in [5, 5.41) is 0. The van der Waals surface area contributed by atoms with Crippen molar-refractivity contribution < 1.29 is 13.6 Å². The number of alkyl halides is 1. The highest BCUT2D eigenvalue weighted by molar-refractivity contribution is 9.09. The molecule has 18 heavy (non-hydrogen) atoms. The number of carbonyl (C=O) groups excluding carboxylic acids is 1. The number of hydrogen-bond acceptors (Lipinski definition) is 1. The summed E-state index contributed by atoms with van der Waals surface area (Å²) in [6.07, 6.45) is 0. The Morgan fingerprint density at radius 2 is 1.72 bits per heavy atom. The Kier molecular flexibility index (Phi) is 3.87. The Labute approximate surface area is 112 Å². The normalized spacial score (nSPS) is 12.2. The summed E-state index contributed by atoms with van der Waals surface area (Å²) < 4.78 is 26.3. The minimum atomic E-state index is -0.819. The van der Waals surface area contributed by atoms with Gasteiger partial charge in [-0.2, -0.15) is 0 Å². The van der Waals surface area contributed by atoms with Gasteiger partial charge >= 0.3 is 0 Å². The molecule has 2 rings (SSSR count). The van der Waals surface area contributed by atoms with Gasteiger partial charge in [-0.3, -0.25) is 4.79 Å². The first-order valence-corrected chi connectivity index (χ1v) is 6.19. The molecule has 2 aromatic rings. The SMILES string of the molecule is O=C(c1ccccc1)C(Br)c1ccc(F)cc1F. The summed E-state index contributed by atoms with van der Waals surface area (Å²) in [5.41, 5.74) is 0.605. The van der Waals surface area contributed by atoms with Gasteiger partial charge in [0.2, 0.25) is 0 Å². The van der Waals surface area contributed by atoms with E-state index in [9.17, 15) is 13.6 Å². The van der Waals surface area contributed by atoms with Crippen molar-refractivity contribution in [1.82, 2.24) is 0 Å². The quantitative estimate of drug-likeness (QED) is 0.611. The molecule has 0 saturated heterocycles. The maximum Gasteiger partial charge on any atom is 0.180 e. The Morgan fingerprint density at radius 1 is 1.06 bits per heavy atom. The number of halogens is 3. The van der Waals surface area contributed by atoms with Crippen molar-refractivity contribution in [2.24, 2.45) is 0 Å². The predicted molar refractivity (Wildman–Crippen MR) is 68.8 cm³/mol. The molecular formula is C14H9BrF2O. The number of hydrogen-bond donors (Lipinski definition) is 0. The minimum absolute atomic E-state index is 0.130. The third-order valence-electron chi connectivity index (χ3n) is 2.52. The monoisotopic (exact) mass is 310 g/mol. The first-order valence-electron chi connectivity index (χ1n) is 5.28. The van der Waals surface area contributed by atoms with Crippen molar-refractivity contribution in [3.63, 3.8) is 0 Å². The number of benzene rings is 2. The van der Waals surface area contributed by atoms with E-state index in [2.05, 4.69) is 15.9 Å². The van der Waals surface area contributed by atoms with E-state index in [1.54, 1.807) is 30.3 Å². The van der Waals surface area contributed by atoms with Crippen LogP contribution >= 0.6 is 15.9 Å². The lowest BCUT2D eigenvalue weighted by molar-refractivity contribution is 0.0990. The van der Waals surface area contributed by atoms with Crippen molar-refractivity contribution in [3.05, 3.63) is 71.3 Å². The molecule has 0 amide bonds. The summed E-state index contributed by atoms with van der Waals surface area (Å²) in [4.78, 5) is 11.3. The van der Waals surface area contributed by atoms with E-state index in [0.29, 0.717) is 5.56 Å². The van der Waals surface area contributed by atoms with Gasteiger partial charge in [0.15, 0.2) is 5.78 Å². The standard InChI is InChI=1S/C14H9BrF2O/c15-13(11-7-6-10(16)8-12(11)17)14(18)9-4-2-1-3-5-9/h1-8,13H. The van der Waals surface area contributed by atoms with E-state index < -0.39 is 16.5 Å². The third kappa shape index (κ3) is 2.64. The third-order valence-corrected chi connectivity index (χ3v) is 3.43. The number of ketones is 1. The second kappa shape index (κ2) is 5.40. The van der Waals surface area contributed by atoms with Crippen LogP contribution < -0.4 is 0 Å². The van der Waals surface area contributed by atoms with Gasteiger partial charge in [-0.1, -0.05) is 52.3 Å². The van der Waals surface area contributed by atoms with Crippen LogP contribution in [0.25, 0.3) is 0 Å². The van der Waals surface area contributed by atoms with Crippen molar-refractivity contribution in [2.75, 3.05) is 0 Å². The largest absolute Gasteiger partial charge is 0.293 e. The summed E-state index contributed by atoms with van der Waals surface area (Å²) in [6.45, 7) is 0. The Bertz CT molecular complexity index is 569. The lowest BCUT2D eigenvalue weighted by atomic mass is 10.0. The fourth-order valence-corrected chi connectivity index (χ4v) is 2.23. The number of rotatable bonds is 3. The van der Waals surface area contributed by atoms with Gasteiger partial charge in [0, 0.05) is 17.2 Å². The van der Waals surface area contributed by atoms with Crippen LogP contribution in [-0.4, -0.2) is 5.78 Å². The van der Waals surface area contributed by atoms with E-state index in [4.69, 9.17) is 0 Å². The van der Waals surface area contributed by atoms with E-state index in [0.717, 1.165) is 12.1 Å². The number of carbonyl (C=O) groups is 1. The molecule has 2 aromatic carbocycles. The topological polar surface area (TPSA) is 17.1 Å². The second-order valence-electron chi connectivity index (χ2n) is 3.76. The van der Waals surface area contributed by atoms with Crippen molar-refractivity contribution in [2.45, 2.75) is 4.83 Å². The summed E-state index contributed by atoms with van der Waals surface area (Å²) >= 11 is 3.15. The molecule has 92 valence electrons. The Hall–Kier alpha value is -1.55. The van der Waals surface area contributed by atoms with Gasteiger partial charge in [-0.15, -0.1) is 0 Å². The maximum absolute atomic E-state index is 13.6. The van der Waals surface area contributed by atoms with E-state index in [1.165, 1.54) is 6.07 Å². The molecule has 0 heterocycles. The molecule has 0 spiro atoms. The lowest BCUT2D eigenvalue weighted by Crippen LogP contribution is -2.08. The smallest absolute Gasteiger partial charge is 0.180 e. The highest BCUT2D eigenvalue weighted by atomic mass is 79.9. The zero-order chi connectivity index (χ0) is 13.1. The Morgan fingerprint density at radius 3 is 2.33 bits per heavy atom. The van der Waals surface area contributed by atoms with Gasteiger partial charge in [0.05, 0.1) is 0 Å². The molecule has 0 aliphatic rings. The van der Waals surface area contributed by atoms with Crippen LogP contribution in [0.1, 0.15) is 20.7 Å².